The maximum Gasteiger partial charge on any atom is 0.227 e. The van der Waals surface area contributed by atoms with E-state index in [-0.39, 0.29) is 0 Å². The van der Waals surface area contributed by atoms with E-state index >= 15 is 0 Å². The second kappa shape index (κ2) is 6.84. The van der Waals surface area contributed by atoms with Crippen LogP contribution in [-0.4, -0.2) is 28.0 Å². The van der Waals surface area contributed by atoms with E-state index in [9.17, 15) is 0 Å². The van der Waals surface area contributed by atoms with Gasteiger partial charge in [0.2, 0.25) is 5.95 Å². The highest BCUT2D eigenvalue weighted by atomic mass is 15.3. The molecule has 0 atom stereocenters. The molecule has 0 aliphatic rings. The Balaban J connectivity index is 2.12. The number of hydrogen-bond donors (Lipinski definition) is 1. The van der Waals surface area contributed by atoms with Gasteiger partial charge in [-0.3, -0.25) is 4.98 Å². The molecule has 0 amide bonds. The Hall–Kier alpha value is -2.17. The predicted molar refractivity (Wildman–Crippen MR) is 81.9 cm³/mol. The van der Waals surface area contributed by atoms with Gasteiger partial charge in [0.25, 0.3) is 0 Å². The van der Waals surface area contributed by atoms with Gasteiger partial charge in [-0.05, 0) is 32.9 Å². The molecule has 2 aromatic heterocycles. The molecule has 5 nitrogen and oxygen atoms in total. The second-order valence-corrected chi connectivity index (χ2v) is 4.54. The molecule has 106 valence electrons. The minimum atomic E-state index is 0.662. The Kier molecular flexibility index (Phi) is 4.87. The first kappa shape index (κ1) is 14.2. The fraction of sp³-hybridized carbons (Fsp3) is 0.400. The zero-order valence-electron chi connectivity index (χ0n) is 12.3. The number of aromatic nitrogens is 3. The molecule has 2 aromatic rings. The van der Waals surface area contributed by atoms with Crippen LogP contribution >= 0.6 is 0 Å². The van der Waals surface area contributed by atoms with Crippen LogP contribution in [0.5, 0.6) is 0 Å². The lowest BCUT2D eigenvalue weighted by molar-refractivity contribution is 0.815. The number of pyridine rings is 1. The van der Waals surface area contributed by atoms with Gasteiger partial charge < -0.3 is 10.2 Å². The number of nitrogens with one attached hydrogen (secondary N) is 1. The summed E-state index contributed by atoms with van der Waals surface area (Å²) in [4.78, 5) is 15.5. The van der Waals surface area contributed by atoms with Crippen LogP contribution in [0.1, 0.15) is 25.2 Å². The smallest absolute Gasteiger partial charge is 0.227 e. The third-order valence-corrected chi connectivity index (χ3v) is 3.07. The molecule has 0 aliphatic carbocycles. The van der Waals surface area contributed by atoms with Crippen LogP contribution in [0.4, 0.5) is 11.8 Å². The standard InChI is InChI=1S/C15H21N5/c1-4-20(5-2)15-18-12(3)10-14(19-15)17-11-13-8-6-7-9-16-13/h6-10H,4-5,11H2,1-3H3,(H,17,18,19). The molecule has 0 aromatic carbocycles. The van der Waals surface area contributed by atoms with Crippen molar-refractivity contribution in [3.05, 3.63) is 41.9 Å². The maximum atomic E-state index is 4.57. The lowest BCUT2D eigenvalue weighted by atomic mass is 10.3. The first-order chi connectivity index (χ1) is 9.72. The highest BCUT2D eigenvalue weighted by molar-refractivity contribution is 5.43. The van der Waals surface area contributed by atoms with Crippen LogP contribution in [0.2, 0.25) is 0 Å². The van der Waals surface area contributed by atoms with Crippen LogP contribution in [0.3, 0.4) is 0 Å². The van der Waals surface area contributed by atoms with Gasteiger partial charge in [-0.1, -0.05) is 6.07 Å². The zero-order valence-corrected chi connectivity index (χ0v) is 12.3. The molecule has 0 saturated heterocycles. The molecule has 0 saturated carbocycles. The summed E-state index contributed by atoms with van der Waals surface area (Å²) in [5.74, 6) is 1.61. The molecule has 1 N–H and O–H groups in total. The predicted octanol–water partition coefficient (Wildman–Crippen LogP) is 2.64. The van der Waals surface area contributed by atoms with E-state index in [4.69, 9.17) is 0 Å². The van der Waals surface area contributed by atoms with Crippen molar-refractivity contribution in [2.45, 2.75) is 27.3 Å². The lowest BCUT2D eigenvalue weighted by Gasteiger charge is -2.19. The molecule has 0 unspecified atom stereocenters. The molecule has 20 heavy (non-hydrogen) atoms. The number of rotatable bonds is 6. The van der Waals surface area contributed by atoms with Crippen molar-refractivity contribution in [2.75, 3.05) is 23.3 Å². The summed E-state index contributed by atoms with van der Waals surface area (Å²) in [6.45, 7) is 8.67. The quantitative estimate of drug-likeness (QED) is 0.875. The van der Waals surface area contributed by atoms with Gasteiger partial charge in [0, 0.05) is 31.0 Å². The Labute approximate surface area is 120 Å². The van der Waals surface area contributed by atoms with Gasteiger partial charge >= 0.3 is 0 Å². The molecule has 0 bridgehead atoms. The highest BCUT2D eigenvalue weighted by Gasteiger charge is 2.08. The van der Waals surface area contributed by atoms with Crippen molar-refractivity contribution in [3.8, 4) is 0 Å². The van der Waals surface area contributed by atoms with E-state index in [2.05, 4.69) is 39.0 Å². The van der Waals surface area contributed by atoms with Gasteiger partial charge in [0.1, 0.15) is 5.82 Å². The Morgan fingerprint density at radius 3 is 2.60 bits per heavy atom. The number of anilines is 2. The summed E-state index contributed by atoms with van der Waals surface area (Å²) in [6.07, 6.45) is 1.80. The van der Waals surface area contributed by atoms with E-state index in [1.165, 1.54) is 0 Å². The summed E-state index contributed by atoms with van der Waals surface area (Å²) in [6, 6.07) is 7.84. The Bertz CT molecular complexity index is 537. The lowest BCUT2D eigenvalue weighted by Crippen LogP contribution is -2.24. The zero-order chi connectivity index (χ0) is 14.4. The van der Waals surface area contributed by atoms with E-state index in [0.717, 1.165) is 36.2 Å². The molecule has 0 aliphatic heterocycles. The normalized spacial score (nSPS) is 10.3. The monoisotopic (exact) mass is 271 g/mol. The number of nitrogens with zero attached hydrogens (tertiary/aromatic N) is 4. The Morgan fingerprint density at radius 1 is 1.15 bits per heavy atom. The second-order valence-electron chi connectivity index (χ2n) is 4.54. The summed E-state index contributed by atoms with van der Waals surface area (Å²) in [5, 5.41) is 3.30. The summed E-state index contributed by atoms with van der Waals surface area (Å²) < 4.78 is 0. The molecule has 0 fully saturated rings. The summed E-state index contributed by atoms with van der Waals surface area (Å²) in [5.41, 5.74) is 1.96. The van der Waals surface area contributed by atoms with Crippen molar-refractivity contribution in [1.82, 2.24) is 15.0 Å². The third kappa shape index (κ3) is 3.66. The number of hydrogen-bond acceptors (Lipinski definition) is 5. The van der Waals surface area contributed by atoms with E-state index in [1.807, 2.05) is 31.2 Å². The van der Waals surface area contributed by atoms with Crippen LogP contribution in [-0.2, 0) is 6.54 Å². The van der Waals surface area contributed by atoms with Crippen molar-refractivity contribution >= 4 is 11.8 Å². The van der Waals surface area contributed by atoms with Crippen LogP contribution < -0.4 is 10.2 Å². The van der Waals surface area contributed by atoms with Crippen LogP contribution in [0, 0.1) is 6.92 Å². The molecule has 2 heterocycles. The fourth-order valence-electron chi connectivity index (χ4n) is 1.98. The van der Waals surface area contributed by atoms with Crippen LogP contribution in [0.15, 0.2) is 30.5 Å². The summed E-state index contributed by atoms with van der Waals surface area (Å²) in [7, 11) is 0. The molecule has 5 heteroatoms. The minimum Gasteiger partial charge on any atom is -0.364 e. The van der Waals surface area contributed by atoms with E-state index < -0.39 is 0 Å². The van der Waals surface area contributed by atoms with Gasteiger partial charge in [0.05, 0.1) is 12.2 Å². The molecule has 0 radical (unpaired) electrons. The maximum absolute atomic E-state index is 4.57. The third-order valence-electron chi connectivity index (χ3n) is 3.07. The van der Waals surface area contributed by atoms with E-state index in [0.29, 0.717) is 6.54 Å². The average molecular weight is 271 g/mol. The van der Waals surface area contributed by atoms with Crippen molar-refractivity contribution in [1.29, 1.82) is 0 Å². The molecular weight excluding hydrogens is 250 g/mol. The van der Waals surface area contributed by atoms with Crippen molar-refractivity contribution in [3.63, 3.8) is 0 Å². The van der Waals surface area contributed by atoms with Crippen LogP contribution in [0.25, 0.3) is 0 Å². The Morgan fingerprint density at radius 2 is 1.95 bits per heavy atom. The molecule has 0 spiro atoms. The minimum absolute atomic E-state index is 0.662. The van der Waals surface area contributed by atoms with Gasteiger partial charge in [-0.2, -0.15) is 4.98 Å². The first-order valence-corrected chi connectivity index (χ1v) is 6.97. The SMILES string of the molecule is CCN(CC)c1nc(C)cc(NCc2ccccn2)n1. The fourth-order valence-corrected chi connectivity index (χ4v) is 1.98. The first-order valence-electron chi connectivity index (χ1n) is 6.97. The topological polar surface area (TPSA) is 53.9 Å². The van der Waals surface area contributed by atoms with Gasteiger partial charge in [-0.15, -0.1) is 0 Å². The van der Waals surface area contributed by atoms with Crippen molar-refractivity contribution in [2.24, 2.45) is 0 Å². The largest absolute Gasteiger partial charge is 0.364 e. The number of aryl methyl sites for hydroxylation is 1. The summed E-state index contributed by atoms with van der Waals surface area (Å²) >= 11 is 0. The van der Waals surface area contributed by atoms with Crippen molar-refractivity contribution < 1.29 is 0 Å². The van der Waals surface area contributed by atoms with Gasteiger partial charge in [0.15, 0.2) is 0 Å². The average Bonchev–Trinajstić information content (AvgIpc) is 2.47. The van der Waals surface area contributed by atoms with E-state index in [1.54, 1.807) is 6.20 Å². The molecule has 2 rings (SSSR count). The van der Waals surface area contributed by atoms with Gasteiger partial charge in [-0.25, -0.2) is 4.98 Å². The highest BCUT2D eigenvalue weighted by Crippen LogP contribution is 2.14. The molecular formula is C15H21N5.